The number of hydrogen-bond donors (Lipinski definition) is 2. The summed E-state index contributed by atoms with van der Waals surface area (Å²) in [5.41, 5.74) is 0.883. The number of pyridine rings is 2. The molecule has 0 radical (unpaired) electrons. The van der Waals surface area contributed by atoms with Crippen LogP contribution in [0.15, 0.2) is 40.1 Å². The van der Waals surface area contributed by atoms with E-state index in [9.17, 15) is 14.4 Å². The first-order valence-electron chi connectivity index (χ1n) is 10.2. The highest BCUT2D eigenvalue weighted by Crippen LogP contribution is 2.40. The standard InChI is InChI=1S/C22H25N5O3/c1-12(2)11-27-19-18(21(29)26-22(27)30)15(10-17(25-19)14-7-8-14)20(28)24-13(3)16-6-4-5-9-23-16/h4-6,9-10,12-14H,7-8,11H2,1-3H3,(H,24,28)(H,26,29,30). The summed E-state index contributed by atoms with van der Waals surface area (Å²) in [7, 11) is 0. The minimum atomic E-state index is -0.597. The first kappa shape index (κ1) is 20.0. The first-order chi connectivity index (χ1) is 14.3. The summed E-state index contributed by atoms with van der Waals surface area (Å²) in [5, 5.41) is 3.07. The molecular weight excluding hydrogens is 382 g/mol. The number of fused-ring (bicyclic) bond motifs is 1. The number of aromatic amines is 1. The fraction of sp³-hybridized carbons (Fsp3) is 0.409. The zero-order chi connectivity index (χ0) is 21.4. The highest BCUT2D eigenvalue weighted by molar-refractivity contribution is 6.05. The maximum absolute atomic E-state index is 13.2. The van der Waals surface area contributed by atoms with Gasteiger partial charge in [0.1, 0.15) is 0 Å². The van der Waals surface area contributed by atoms with Crippen LogP contribution < -0.4 is 16.6 Å². The van der Waals surface area contributed by atoms with Crippen molar-refractivity contribution in [3.63, 3.8) is 0 Å². The molecule has 1 aliphatic carbocycles. The molecule has 0 aliphatic heterocycles. The Morgan fingerprint density at radius 2 is 2.03 bits per heavy atom. The third-order valence-electron chi connectivity index (χ3n) is 5.24. The van der Waals surface area contributed by atoms with Crippen molar-refractivity contribution in [1.82, 2.24) is 24.8 Å². The molecule has 8 nitrogen and oxygen atoms in total. The molecule has 3 heterocycles. The molecule has 1 unspecified atom stereocenters. The van der Waals surface area contributed by atoms with Gasteiger partial charge in [0.05, 0.1) is 22.7 Å². The third kappa shape index (κ3) is 3.90. The number of carbonyl (C=O) groups excluding carboxylic acids is 1. The first-order valence-corrected chi connectivity index (χ1v) is 10.2. The van der Waals surface area contributed by atoms with Crippen molar-refractivity contribution in [3.8, 4) is 0 Å². The Labute approximate surface area is 173 Å². The fourth-order valence-electron chi connectivity index (χ4n) is 3.58. The van der Waals surface area contributed by atoms with E-state index in [4.69, 9.17) is 0 Å². The molecular formula is C22H25N5O3. The van der Waals surface area contributed by atoms with E-state index in [0.29, 0.717) is 6.54 Å². The molecule has 0 saturated heterocycles. The smallest absolute Gasteiger partial charge is 0.330 e. The van der Waals surface area contributed by atoms with Crippen molar-refractivity contribution >= 4 is 16.9 Å². The van der Waals surface area contributed by atoms with E-state index >= 15 is 0 Å². The molecule has 3 aromatic heterocycles. The molecule has 1 aliphatic rings. The van der Waals surface area contributed by atoms with E-state index in [1.165, 1.54) is 4.57 Å². The molecule has 1 saturated carbocycles. The lowest BCUT2D eigenvalue weighted by molar-refractivity contribution is 0.0940. The van der Waals surface area contributed by atoms with Gasteiger partial charge in [-0.3, -0.25) is 24.1 Å². The summed E-state index contributed by atoms with van der Waals surface area (Å²) in [6.45, 7) is 6.20. The van der Waals surface area contributed by atoms with E-state index in [-0.39, 0.29) is 40.4 Å². The number of aromatic nitrogens is 4. The van der Waals surface area contributed by atoms with E-state index in [2.05, 4.69) is 20.3 Å². The van der Waals surface area contributed by atoms with Crippen LogP contribution in [0.2, 0.25) is 0 Å². The normalized spacial score (nSPS) is 14.8. The van der Waals surface area contributed by atoms with Crippen molar-refractivity contribution in [2.75, 3.05) is 0 Å². The molecule has 2 N–H and O–H groups in total. The summed E-state index contributed by atoms with van der Waals surface area (Å²) in [6.07, 6.45) is 3.64. The van der Waals surface area contributed by atoms with Gasteiger partial charge in [0.2, 0.25) is 0 Å². The number of hydrogen-bond acceptors (Lipinski definition) is 5. The highest BCUT2D eigenvalue weighted by Gasteiger charge is 2.29. The molecule has 0 aromatic carbocycles. The molecule has 1 fully saturated rings. The second kappa shape index (κ2) is 7.85. The maximum Gasteiger partial charge on any atom is 0.330 e. The molecule has 3 aromatic rings. The number of H-pyrrole nitrogens is 1. The average molecular weight is 407 g/mol. The molecule has 0 bridgehead atoms. The molecule has 30 heavy (non-hydrogen) atoms. The Morgan fingerprint density at radius 3 is 2.67 bits per heavy atom. The summed E-state index contributed by atoms with van der Waals surface area (Å²) >= 11 is 0. The Kier molecular flexibility index (Phi) is 5.24. The maximum atomic E-state index is 13.2. The van der Waals surface area contributed by atoms with Crippen LogP contribution in [0.25, 0.3) is 11.0 Å². The third-order valence-corrected chi connectivity index (χ3v) is 5.24. The number of amides is 1. The van der Waals surface area contributed by atoms with E-state index in [0.717, 1.165) is 24.2 Å². The van der Waals surface area contributed by atoms with Crippen LogP contribution in [0.5, 0.6) is 0 Å². The lowest BCUT2D eigenvalue weighted by Crippen LogP contribution is -2.35. The van der Waals surface area contributed by atoms with Crippen LogP contribution in [0.3, 0.4) is 0 Å². The van der Waals surface area contributed by atoms with Gasteiger partial charge in [0.25, 0.3) is 11.5 Å². The van der Waals surface area contributed by atoms with Crippen LogP contribution in [0.4, 0.5) is 0 Å². The minimum Gasteiger partial charge on any atom is -0.344 e. The van der Waals surface area contributed by atoms with Crippen LogP contribution in [-0.4, -0.2) is 25.4 Å². The predicted molar refractivity (Wildman–Crippen MR) is 114 cm³/mol. The lowest BCUT2D eigenvalue weighted by Gasteiger charge is -2.17. The van der Waals surface area contributed by atoms with Gasteiger partial charge < -0.3 is 5.32 Å². The van der Waals surface area contributed by atoms with Crippen molar-refractivity contribution in [1.29, 1.82) is 0 Å². The zero-order valence-corrected chi connectivity index (χ0v) is 17.3. The Bertz CT molecular complexity index is 1210. The lowest BCUT2D eigenvalue weighted by atomic mass is 10.1. The summed E-state index contributed by atoms with van der Waals surface area (Å²) in [4.78, 5) is 49.7. The predicted octanol–water partition coefficient (Wildman–Crippen LogP) is 2.50. The van der Waals surface area contributed by atoms with Crippen molar-refractivity contribution < 1.29 is 4.79 Å². The summed E-state index contributed by atoms with van der Waals surface area (Å²) < 4.78 is 1.46. The van der Waals surface area contributed by atoms with E-state index < -0.39 is 11.2 Å². The van der Waals surface area contributed by atoms with Gasteiger partial charge in [0.15, 0.2) is 5.65 Å². The second-order valence-electron chi connectivity index (χ2n) is 8.28. The average Bonchev–Trinajstić information content (AvgIpc) is 3.56. The van der Waals surface area contributed by atoms with Crippen LogP contribution >= 0.6 is 0 Å². The fourth-order valence-corrected chi connectivity index (χ4v) is 3.58. The largest absolute Gasteiger partial charge is 0.344 e. The Balaban J connectivity index is 1.85. The van der Waals surface area contributed by atoms with Crippen LogP contribution in [0.1, 0.15) is 67.3 Å². The molecule has 4 rings (SSSR count). The quantitative estimate of drug-likeness (QED) is 0.652. The van der Waals surface area contributed by atoms with Crippen molar-refractivity contribution in [2.45, 2.75) is 52.1 Å². The summed E-state index contributed by atoms with van der Waals surface area (Å²) in [6, 6.07) is 6.85. The number of nitrogens with zero attached hydrogens (tertiary/aromatic N) is 3. The number of carbonyl (C=O) groups is 1. The van der Waals surface area contributed by atoms with Gasteiger partial charge in [-0.2, -0.15) is 0 Å². The summed E-state index contributed by atoms with van der Waals surface area (Å²) in [5.74, 6) is 0.0448. The number of nitrogens with one attached hydrogen (secondary N) is 2. The van der Waals surface area contributed by atoms with Gasteiger partial charge in [-0.25, -0.2) is 9.78 Å². The second-order valence-corrected chi connectivity index (χ2v) is 8.28. The van der Waals surface area contributed by atoms with Gasteiger partial charge in [0, 0.05) is 24.4 Å². The Morgan fingerprint density at radius 1 is 1.27 bits per heavy atom. The minimum absolute atomic E-state index is 0.144. The van der Waals surface area contributed by atoms with Crippen molar-refractivity contribution in [2.24, 2.45) is 5.92 Å². The molecule has 1 atom stereocenters. The monoisotopic (exact) mass is 407 g/mol. The topological polar surface area (TPSA) is 110 Å². The van der Waals surface area contributed by atoms with Crippen LogP contribution in [-0.2, 0) is 6.54 Å². The van der Waals surface area contributed by atoms with Gasteiger partial charge in [-0.1, -0.05) is 19.9 Å². The highest BCUT2D eigenvalue weighted by atomic mass is 16.2. The SMILES string of the molecule is CC(C)Cn1c(=O)[nH]c(=O)c2c(C(=O)NC(C)c3ccccn3)cc(C3CC3)nc21. The zero-order valence-electron chi connectivity index (χ0n) is 17.3. The van der Waals surface area contributed by atoms with E-state index in [1.807, 2.05) is 39.0 Å². The van der Waals surface area contributed by atoms with Gasteiger partial charge in [-0.05, 0) is 43.9 Å². The van der Waals surface area contributed by atoms with Gasteiger partial charge in [-0.15, -0.1) is 0 Å². The van der Waals surface area contributed by atoms with Crippen LogP contribution in [0, 0.1) is 5.92 Å². The van der Waals surface area contributed by atoms with E-state index in [1.54, 1.807) is 12.3 Å². The molecule has 156 valence electrons. The molecule has 1 amide bonds. The molecule has 0 spiro atoms. The number of rotatable bonds is 6. The van der Waals surface area contributed by atoms with Crippen molar-refractivity contribution in [3.05, 3.63) is 68.3 Å². The molecule has 8 heteroatoms. The Hall–Kier alpha value is -3.29. The van der Waals surface area contributed by atoms with Gasteiger partial charge >= 0.3 is 5.69 Å².